The van der Waals surface area contributed by atoms with E-state index in [2.05, 4.69) is 17.5 Å². The van der Waals surface area contributed by atoms with Crippen molar-refractivity contribution in [3.05, 3.63) is 40.4 Å². The van der Waals surface area contributed by atoms with Crippen molar-refractivity contribution < 1.29 is 4.79 Å². The number of carbonyl (C=O) groups is 1. The minimum Gasteiger partial charge on any atom is -0.323 e. The van der Waals surface area contributed by atoms with Crippen LogP contribution in [0.25, 0.3) is 0 Å². The largest absolute Gasteiger partial charge is 0.323 e. The van der Waals surface area contributed by atoms with E-state index in [4.69, 9.17) is 23.2 Å². The number of para-hydroxylation sites is 1. The summed E-state index contributed by atoms with van der Waals surface area (Å²) < 4.78 is 0. The number of anilines is 1. The molecule has 0 bridgehead atoms. The Labute approximate surface area is 129 Å². The molecule has 0 saturated heterocycles. The normalized spacial score (nSPS) is 28.2. The molecule has 3 rings (SSSR count). The van der Waals surface area contributed by atoms with Gasteiger partial charge >= 0.3 is 0 Å². The molecule has 0 aliphatic heterocycles. The van der Waals surface area contributed by atoms with Gasteiger partial charge in [0, 0.05) is 5.92 Å². The van der Waals surface area contributed by atoms with E-state index < -0.39 is 0 Å². The maximum atomic E-state index is 12.4. The molecule has 1 fully saturated rings. The predicted octanol–water partition coefficient (Wildman–Crippen LogP) is 4.92. The summed E-state index contributed by atoms with van der Waals surface area (Å²) in [6.45, 7) is 0. The van der Waals surface area contributed by atoms with Gasteiger partial charge in [-0.15, -0.1) is 0 Å². The third-order valence-electron chi connectivity index (χ3n) is 4.26. The fourth-order valence-corrected chi connectivity index (χ4v) is 3.62. The first-order valence-electron chi connectivity index (χ1n) is 7.10. The molecule has 2 aliphatic rings. The Bertz CT molecular complexity index is 535. The molecule has 0 heterocycles. The average Bonchev–Trinajstić information content (AvgIpc) is 3.05. The van der Waals surface area contributed by atoms with Crippen LogP contribution in [0.2, 0.25) is 10.0 Å². The fraction of sp³-hybridized carbons (Fsp3) is 0.438. The second kappa shape index (κ2) is 5.79. The number of allylic oxidation sites excluding steroid dienone is 2. The van der Waals surface area contributed by atoms with E-state index in [-0.39, 0.29) is 11.8 Å². The zero-order valence-electron chi connectivity index (χ0n) is 11.1. The van der Waals surface area contributed by atoms with Crippen molar-refractivity contribution in [2.45, 2.75) is 25.7 Å². The van der Waals surface area contributed by atoms with Crippen LogP contribution in [-0.4, -0.2) is 5.91 Å². The van der Waals surface area contributed by atoms with Crippen LogP contribution in [-0.2, 0) is 4.79 Å². The fourth-order valence-electron chi connectivity index (χ4n) is 3.12. The maximum Gasteiger partial charge on any atom is 0.228 e. The van der Waals surface area contributed by atoms with Crippen molar-refractivity contribution in [3.8, 4) is 0 Å². The number of halogens is 2. The number of benzene rings is 1. The van der Waals surface area contributed by atoms with Crippen LogP contribution in [0, 0.1) is 17.8 Å². The lowest BCUT2D eigenvalue weighted by molar-refractivity contribution is -0.117. The van der Waals surface area contributed by atoms with Crippen LogP contribution >= 0.6 is 23.2 Å². The first-order chi connectivity index (χ1) is 9.68. The van der Waals surface area contributed by atoms with E-state index in [1.807, 2.05) is 0 Å². The van der Waals surface area contributed by atoms with Crippen molar-refractivity contribution in [3.63, 3.8) is 0 Å². The molecule has 0 radical (unpaired) electrons. The van der Waals surface area contributed by atoms with Crippen molar-refractivity contribution in [2.75, 3.05) is 5.32 Å². The number of hydrogen-bond donors (Lipinski definition) is 1. The number of carbonyl (C=O) groups excluding carboxylic acids is 1. The SMILES string of the molecule is O=C(Nc1c(Cl)cccc1Cl)C1C2C=CCCCCC21. The molecular formula is C16H17Cl2NO. The van der Waals surface area contributed by atoms with Gasteiger partial charge in [0.1, 0.15) is 0 Å². The lowest BCUT2D eigenvalue weighted by Crippen LogP contribution is -2.16. The van der Waals surface area contributed by atoms with Crippen LogP contribution in [0.4, 0.5) is 5.69 Å². The summed E-state index contributed by atoms with van der Waals surface area (Å²) in [5.74, 6) is 1.02. The van der Waals surface area contributed by atoms with Gasteiger partial charge in [0.2, 0.25) is 5.91 Å². The van der Waals surface area contributed by atoms with Crippen LogP contribution in [0.1, 0.15) is 25.7 Å². The first kappa shape index (κ1) is 14.0. The standard InChI is InChI=1S/C16H17Cl2NO/c17-12-8-5-9-13(18)15(12)19-16(20)14-10-6-3-1-2-4-7-11(10)14/h3,5-6,8-11,14H,1-2,4,7H2,(H,19,20). The van der Waals surface area contributed by atoms with Gasteiger partial charge < -0.3 is 5.32 Å². The molecule has 4 heteroatoms. The Hall–Kier alpha value is -0.990. The van der Waals surface area contributed by atoms with Crippen molar-refractivity contribution in [2.24, 2.45) is 17.8 Å². The zero-order chi connectivity index (χ0) is 14.1. The average molecular weight is 310 g/mol. The summed E-state index contributed by atoms with van der Waals surface area (Å²) in [6.07, 6.45) is 9.14. The number of rotatable bonds is 2. The van der Waals surface area contributed by atoms with Crippen LogP contribution in [0.5, 0.6) is 0 Å². The van der Waals surface area contributed by atoms with Crippen LogP contribution in [0.3, 0.4) is 0 Å². The van der Waals surface area contributed by atoms with E-state index in [9.17, 15) is 4.79 Å². The van der Waals surface area contributed by atoms with Gasteiger partial charge in [0.25, 0.3) is 0 Å². The molecule has 1 N–H and O–H groups in total. The van der Waals surface area contributed by atoms with Gasteiger partial charge in [-0.1, -0.05) is 47.8 Å². The highest BCUT2D eigenvalue weighted by Gasteiger charge is 2.52. The van der Waals surface area contributed by atoms with E-state index in [0.29, 0.717) is 27.6 Å². The molecule has 1 saturated carbocycles. The minimum absolute atomic E-state index is 0.0431. The molecule has 1 amide bonds. The number of hydrogen-bond acceptors (Lipinski definition) is 1. The summed E-state index contributed by atoms with van der Waals surface area (Å²) in [5.41, 5.74) is 0.532. The molecule has 3 unspecified atom stereocenters. The second-order valence-electron chi connectivity index (χ2n) is 5.57. The summed E-state index contributed by atoms with van der Waals surface area (Å²) in [5, 5.41) is 3.87. The Balaban J connectivity index is 1.72. The summed E-state index contributed by atoms with van der Waals surface area (Å²) >= 11 is 12.2. The van der Waals surface area contributed by atoms with Gasteiger partial charge in [0.05, 0.1) is 15.7 Å². The predicted molar refractivity (Wildman–Crippen MR) is 83.2 cm³/mol. The lowest BCUT2D eigenvalue weighted by Gasteiger charge is -2.08. The van der Waals surface area contributed by atoms with Crippen molar-refractivity contribution >= 4 is 34.8 Å². The molecular weight excluding hydrogens is 293 g/mol. The van der Waals surface area contributed by atoms with Gasteiger partial charge in [-0.05, 0) is 43.2 Å². The molecule has 1 aromatic rings. The summed E-state index contributed by atoms with van der Waals surface area (Å²) in [6, 6.07) is 5.24. The highest BCUT2D eigenvalue weighted by molar-refractivity contribution is 6.39. The number of fused-ring (bicyclic) bond motifs is 1. The topological polar surface area (TPSA) is 29.1 Å². The quantitative estimate of drug-likeness (QED) is 0.771. The molecule has 2 aliphatic carbocycles. The third kappa shape index (κ3) is 2.72. The van der Waals surface area contributed by atoms with Crippen LogP contribution < -0.4 is 5.32 Å². The zero-order valence-corrected chi connectivity index (χ0v) is 12.6. The lowest BCUT2D eigenvalue weighted by atomic mass is 10.1. The molecule has 0 spiro atoms. The van der Waals surface area contributed by atoms with Gasteiger partial charge in [0.15, 0.2) is 0 Å². The number of nitrogens with one attached hydrogen (secondary N) is 1. The first-order valence-corrected chi connectivity index (χ1v) is 7.85. The van der Waals surface area contributed by atoms with E-state index >= 15 is 0 Å². The highest BCUT2D eigenvalue weighted by Crippen LogP contribution is 2.52. The molecule has 0 aromatic heterocycles. The van der Waals surface area contributed by atoms with Gasteiger partial charge in [-0.25, -0.2) is 0 Å². The minimum atomic E-state index is 0.0431. The molecule has 20 heavy (non-hydrogen) atoms. The Morgan fingerprint density at radius 2 is 1.95 bits per heavy atom. The Morgan fingerprint density at radius 1 is 1.20 bits per heavy atom. The number of amides is 1. The van der Waals surface area contributed by atoms with Gasteiger partial charge in [-0.2, -0.15) is 0 Å². The Kier molecular flexibility index (Phi) is 4.04. The van der Waals surface area contributed by atoms with E-state index in [0.717, 1.165) is 12.8 Å². The summed E-state index contributed by atoms with van der Waals surface area (Å²) in [4.78, 5) is 12.4. The molecule has 106 valence electrons. The molecule has 2 nitrogen and oxygen atoms in total. The van der Waals surface area contributed by atoms with Gasteiger partial charge in [-0.3, -0.25) is 4.79 Å². The van der Waals surface area contributed by atoms with Crippen molar-refractivity contribution in [1.82, 2.24) is 0 Å². The maximum absolute atomic E-state index is 12.4. The highest BCUT2D eigenvalue weighted by atomic mass is 35.5. The Morgan fingerprint density at radius 3 is 2.70 bits per heavy atom. The van der Waals surface area contributed by atoms with E-state index in [1.165, 1.54) is 12.8 Å². The van der Waals surface area contributed by atoms with Crippen molar-refractivity contribution in [1.29, 1.82) is 0 Å². The molecule has 1 aromatic carbocycles. The second-order valence-corrected chi connectivity index (χ2v) is 6.38. The molecule has 3 atom stereocenters. The smallest absolute Gasteiger partial charge is 0.228 e. The van der Waals surface area contributed by atoms with E-state index in [1.54, 1.807) is 18.2 Å². The summed E-state index contributed by atoms with van der Waals surface area (Å²) in [7, 11) is 0. The monoisotopic (exact) mass is 309 g/mol. The van der Waals surface area contributed by atoms with Crippen LogP contribution in [0.15, 0.2) is 30.4 Å². The third-order valence-corrected chi connectivity index (χ3v) is 4.89.